The second-order valence-corrected chi connectivity index (χ2v) is 8.95. The van der Waals surface area contributed by atoms with Gasteiger partial charge in [-0.25, -0.2) is 9.97 Å². The van der Waals surface area contributed by atoms with Gasteiger partial charge in [-0.05, 0) is 45.0 Å². The Kier molecular flexibility index (Phi) is 4.55. The number of rotatable bonds is 4. The summed E-state index contributed by atoms with van der Waals surface area (Å²) in [6.45, 7) is 6.13. The maximum absolute atomic E-state index is 6.48. The van der Waals surface area contributed by atoms with Crippen LogP contribution in [0.5, 0.6) is 5.75 Å². The van der Waals surface area contributed by atoms with Gasteiger partial charge < -0.3 is 29.2 Å². The first-order valence-electron chi connectivity index (χ1n) is 11.0. The lowest BCUT2D eigenvalue weighted by Crippen LogP contribution is -2.33. The number of hydrogen-bond acceptors (Lipinski definition) is 8. The molecule has 4 aromatic rings. The van der Waals surface area contributed by atoms with Crippen molar-refractivity contribution in [3.05, 3.63) is 54.6 Å². The van der Waals surface area contributed by atoms with Gasteiger partial charge in [0.1, 0.15) is 48.5 Å². The standard InChI is InChI=1S/C24H25N5O4/c1-13-9-16-21(25)27-12-28-22(16)29(13)23-20-19(32-24(2,3)33-20)18(31-23)11-30-15-7-6-14-5-4-8-26-17(14)10-15/h4-10,12,18-20,23H,11H2,1-3H3,(H2,25,27,28)/t18-,19-,20-,23-/m1/s1. The van der Waals surface area contributed by atoms with Crippen LogP contribution in [-0.2, 0) is 14.2 Å². The number of ether oxygens (including phenoxy) is 4. The monoisotopic (exact) mass is 447 g/mol. The highest BCUT2D eigenvalue weighted by molar-refractivity contribution is 5.87. The Morgan fingerprint density at radius 1 is 1.09 bits per heavy atom. The second-order valence-electron chi connectivity index (χ2n) is 8.95. The maximum atomic E-state index is 6.48. The molecule has 9 nitrogen and oxygen atoms in total. The fourth-order valence-electron chi connectivity index (χ4n) is 4.81. The number of fused-ring (bicyclic) bond motifs is 3. The molecular weight excluding hydrogens is 422 g/mol. The van der Waals surface area contributed by atoms with E-state index in [0.717, 1.165) is 27.7 Å². The topological polar surface area (TPSA) is 107 Å². The van der Waals surface area contributed by atoms with Crippen LogP contribution in [0.1, 0.15) is 25.8 Å². The molecule has 3 aromatic heterocycles. The van der Waals surface area contributed by atoms with E-state index in [1.54, 1.807) is 6.20 Å². The fourth-order valence-corrected chi connectivity index (χ4v) is 4.81. The Morgan fingerprint density at radius 2 is 1.94 bits per heavy atom. The molecule has 2 saturated heterocycles. The quantitative estimate of drug-likeness (QED) is 0.508. The predicted octanol–water partition coefficient (Wildman–Crippen LogP) is 3.37. The minimum Gasteiger partial charge on any atom is -0.491 e. The van der Waals surface area contributed by atoms with Crippen molar-refractivity contribution in [1.82, 2.24) is 19.5 Å². The van der Waals surface area contributed by atoms with Crippen LogP contribution in [-0.4, -0.2) is 50.2 Å². The number of nitrogens with zero attached hydrogens (tertiary/aromatic N) is 4. The largest absolute Gasteiger partial charge is 0.491 e. The predicted molar refractivity (Wildman–Crippen MR) is 122 cm³/mol. The van der Waals surface area contributed by atoms with Crippen LogP contribution < -0.4 is 10.5 Å². The summed E-state index contributed by atoms with van der Waals surface area (Å²) in [5, 5.41) is 1.85. The van der Waals surface area contributed by atoms with Gasteiger partial charge in [-0.15, -0.1) is 0 Å². The van der Waals surface area contributed by atoms with Crippen LogP contribution in [0.3, 0.4) is 0 Å². The van der Waals surface area contributed by atoms with E-state index in [-0.39, 0.29) is 18.3 Å². The van der Waals surface area contributed by atoms with E-state index >= 15 is 0 Å². The van der Waals surface area contributed by atoms with Crippen molar-refractivity contribution >= 4 is 27.8 Å². The van der Waals surface area contributed by atoms with E-state index in [1.165, 1.54) is 6.33 Å². The highest BCUT2D eigenvalue weighted by Crippen LogP contribution is 2.44. The zero-order valence-electron chi connectivity index (χ0n) is 18.6. The van der Waals surface area contributed by atoms with Gasteiger partial charge in [-0.3, -0.25) is 4.98 Å². The molecule has 2 N–H and O–H groups in total. The molecule has 0 spiro atoms. The third-order valence-electron chi connectivity index (χ3n) is 6.23. The molecule has 0 unspecified atom stereocenters. The van der Waals surface area contributed by atoms with Crippen molar-refractivity contribution in [2.75, 3.05) is 12.3 Å². The summed E-state index contributed by atoms with van der Waals surface area (Å²) in [7, 11) is 0. The molecule has 0 saturated carbocycles. The first-order chi connectivity index (χ1) is 15.9. The minimum atomic E-state index is -0.729. The third kappa shape index (κ3) is 3.40. The summed E-state index contributed by atoms with van der Waals surface area (Å²) in [6.07, 6.45) is 1.85. The van der Waals surface area contributed by atoms with Crippen molar-refractivity contribution in [3.63, 3.8) is 0 Å². The molecule has 0 aliphatic carbocycles. The first kappa shape index (κ1) is 20.3. The Hall–Kier alpha value is -3.27. The lowest BCUT2D eigenvalue weighted by Gasteiger charge is -2.25. The summed E-state index contributed by atoms with van der Waals surface area (Å²) in [5.74, 6) is 0.434. The normalized spacial score (nSPS) is 26.2. The molecular formula is C24H25N5O4. The lowest BCUT2D eigenvalue weighted by molar-refractivity contribution is -0.199. The van der Waals surface area contributed by atoms with E-state index < -0.39 is 12.0 Å². The van der Waals surface area contributed by atoms with Gasteiger partial charge in [-0.2, -0.15) is 0 Å². The number of aryl methyl sites for hydroxylation is 1. The average Bonchev–Trinajstić information content (AvgIpc) is 3.40. The van der Waals surface area contributed by atoms with Gasteiger partial charge in [0.25, 0.3) is 0 Å². The van der Waals surface area contributed by atoms with E-state index in [9.17, 15) is 0 Å². The zero-order valence-corrected chi connectivity index (χ0v) is 18.6. The van der Waals surface area contributed by atoms with Gasteiger partial charge in [0.2, 0.25) is 0 Å². The van der Waals surface area contributed by atoms with Crippen molar-refractivity contribution in [1.29, 1.82) is 0 Å². The van der Waals surface area contributed by atoms with Crippen LogP contribution in [0.15, 0.2) is 48.9 Å². The first-order valence-corrected chi connectivity index (χ1v) is 11.0. The zero-order chi connectivity index (χ0) is 22.7. The van der Waals surface area contributed by atoms with Crippen LogP contribution in [0.25, 0.3) is 21.9 Å². The summed E-state index contributed by atoms with van der Waals surface area (Å²) >= 11 is 0. The smallest absolute Gasteiger partial charge is 0.165 e. The van der Waals surface area contributed by atoms with Crippen molar-refractivity contribution in [3.8, 4) is 5.75 Å². The van der Waals surface area contributed by atoms with Crippen LogP contribution >= 0.6 is 0 Å². The average molecular weight is 447 g/mol. The number of nitrogens with two attached hydrogens (primary N) is 1. The number of hydrogen-bond donors (Lipinski definition) is 1. The molecule has 2 fully saturated rings. The minimum absolute atomic E-state index is 0.292. The Bertz CT molecular complexity index is 1350. The van der Waals surface area contributed by atoms with Crippen molar-refractivity contribution < 1.29 is 18.9 Å². The number of benzene rings is 1. The summed E-state index contributed by atoms with van der Waals surface area (Å²) in [6, 6.07) is 11.8. The lowest BCUT2D eigenvalue weighted by atomic mass is 10.1. The van der Waals surface area contributed by atoms with E-state index in [4.69, 9.17) is 24.7 Å². The molecule has 2 aliphatic rings. The molecule has 5 heterocycles. The third-order valence-corrected chi connectivity index (χ3v) is 6.23. The second kappa shape index (κ2) is 7.38. The fraction of sp³-hybridized carbons (Fsp3) is 0.375. The molecule has 9 heteroatoms. The number of pyridine rings is 1. The molecule has 4 atom stereocenters. The van der Waals surface area contributed by atoms with Crippen molar-refractivity contribution in [2.45, 2.75) is 51.1 Å². The summed E-state index contributed by atoms with van der Waals surface area (Å²) in [4.78, 5) is 13.0. The Balaban J connectivity index is 1.30. The van der Waals surface area contributed by atoms with Crippen LogP contribution in [0.4, 0.5) is 5.82 Å². The molecule has 33 heavy (non-hydrogen) atoms. The summed E-state index contributed by atoms with van der Waals surface area (Å²) < 4.78 is 27.1. The number of nitrogen functional groups attached to an aromatic ring is 1. The molecule has 6 rings (SSSR count). The van der Waals surface area contributed by atoms with Gasteiger partial charge >= 0.3 is 0 Å². The SMILES string of the molecule is Cc1cc2c(N)ncnc2n1[C@@H]1O[C@H](COc2ccc3cccnc3c2)[C@H]2OC(C)(C)O[C@H]21. The Morgan fingerprint density at radius 3 is 2.82 bits per heavy atom. The molecule has 2 aliphatic heterocycles. The van der Waals surface area contributed by atoms with Crippen LogP contribution in [0.2, 0.25) is 0 Å². The molecule has 0 bridgehead atoms. The van der Waals surface area contributed by atoms with Gasteiger partial charge in [-0.1, -0.05) is 6.07 Å². The highest BCUT2D eigenvalue weighted by atomic mass is 16.8. The maximum Gasteiger partial charge on any atom is 0.165 e. The molecule has 0 radical (unpaired) electrons. The van der Waals surface area contributed by atoms with Gasteiger partial charge in [0.05, 0.1) is 10.9 Å². The number of aromatic nitrogens is 4. The Labute approximate surface area is 190 Å². The van der Waals surface area contributed by atoms with E-state index in [2.05, 4.69) is 15.0 Å². The molecule has 1 aromatic carbocycles. The van der Waals surface area contributed by atoms with E-state index in [0.29, 0.717) is 18.1 Å². The van der Waals surface area contributed by atoms with Crippen molar-refractivity contribution in [2.24, 2.45) is 0 Å². The van der Waals surface area contributed by atoms with Gasteiger partial charge in [0.15, 0.2) is 12.0 Å². The highest BCUT2D eigenvalue weighted by Gasteiger charge is 2.56. The van der Waals surface area contributed by atoms with Gasteiger partial charge in [0, 0.05) is 23.3 Å². The molecule has 170 valence electrons. The summed E-state index contributed by atoms with van der Waals surface area (Å²) in [5.41, 5.74) is 8.62. The molecule has 0 amide bonds. The van der Waals surface area contributed by atoms with E-state index in [1.807, 2.05) is 61.7 Å². The number of anilines is 1. The van der Waals surface area contributed by atoms with Crippen LogP contribution in [0, 0.1) is 6.92 Å².